The minimum Gasteiger partial charge on any atom is -0.495 e. The van der Waals surface area contributed by atoms with E-state index >= 15 is 0 Å². The van der Waals surface area contributed by atoms with Gasteiger partial charge in [0.25, 0.3) is 5.91 Å². The summed E-state index contributed by atoms with van der Waals surface area (Å²) in [5.41, 5.74) is 2.58. The van der Waals surface area contributed by atoms with Crippen molar-refractivity contribution in [1.82, 2.24) is 4.31 Å². The minimum absolute atomic E-state index is 0.159. The lowest BCUT2D eigenvalue weighted by Crippen LogP contribution is -2.32. The Kier molecular flexibility index (Phi) is 6.59. The number of anilines is 1. The number of methoxy groups -OCH3 is 1. The summed E-state index contributed by atoms with van der Waals surface area (Å²) in [5, 5.41) is 2.86. The van der Waals surface area contributed by atoms with Gasteiger partial charge in [-0.25, -0.2) is 8.42 Å². The number of benzene rings is 2. The molecule has 1 aliphatic heterocycles. The van der Waals surface area contributed by atoms with Crippen molar-refractivity contribution >= 4 is 21.6 Å². The van der Waals surface area contributed by atoms with E-state index in [-0.39, 0.29) is 10.8 Å². The third-order valence-electron chi connectivity index (χ3n) is 5.26. The monoisotopic (exact) mass is 416 g/mol. The summed E-state index contributed by atoms with van der Waals surface area (Å²) in [6, 6.07) is 10.3. The molecular weight excluding hydrogens is 388 g/mol. The molecule has 1 fully saturated rings. The van der Waals surface area contributed by atoms with Crippen molar-refractivity contribution < 1.29 is 17.9 Å². The van der Waals surface area contributed by atoms with Crippen molar-refractivity contribution in [3.63, 3.8) is 0 Å². The molecule has 0 radical (unpaired) electrons. The summed E-state index contributed by atoms with van der Waals surface area (Å²) in [6.07, 6.45) is 3.83. The van der Waals surface area contributed by atoms with Gasteiger partial charge in [0.1, 0.15) is 5.75 Å². The molecule has 3 rings (SSSR count). The summed E-state index contributed by atoms with van der Waals surface area (Å²) < 4.78 is 33.1. The molecule has 1 aliphatic rings. The van der Waals surface area contributed by atoms with Crippen LogP contribution in [0.1, 0.15) is 47.2 Å². The Hall–Kier alpha value is -2.38. The van der Waals surface area contributed by atoms with Gasteiger partial charge in [0.2, 0.25) is 10.0 Å². The van der Waals surface area contributed by atoms with Crippen molar-refractivity contribution in [3.8, 4) is 5.75 Å². The number of amides is 1. The predicted molar refractivity (Wildman–Crippen MR) is 114 cm³/mol. The summed E-state index contributed by atoms with van der Waals surface area (Å²) in [4.78, 5) is 13.1. The fraction of sp³-hybridized carbons (Fsp3) is 0.409. The van der Waals surface area contributed by atoms with Crippen LogP contribution in [0.5, 0.6) is 5.75 Å². The number of carbonyl (C=O) groups is 1. The Morgan fingerprint density at radius 1 is 1.00 bits per heavy atom. The number of ether oxygens (including phenoxy) is 1. The lowest BCUT2D eigenvalue weighted by molar-refractivity contribution is 0.102. The Bertz CT molecular complexity index is 994. The zero-order chi connectivity index (χ0) is 21.0. The minimum atomic E-state index is -3.62. The Morgan fingerprint density at radius 2 is 1.69 bits per heavy atom. The fourth-order valence-corrected chi connectivity index (χ4v) is 5.09. The molecule has 0 aliphatic carbocycles. The third-order valence-corrected chi connectivity index (χ3v) is 7.15. The van der Waals surface area contributed by atoms with E-state index in [0.29, 0.717) is 35.7 Å². The van der Waals surface area contributed by atoms with Crippen LogP contribution in [0.3, 0.4) is 0 Å². The number of aryl methyl sites for hydroxylation is 2. The van der Waals surface area contributed by atoms with E-state index in [1.54, 1.807) is 32.2 Å². The number of nitrogens with zero attached hydrogens (tertiary/aromatic N) is 1. The molecule has 29 heavy (non-hydrogen) atoms. The number of carbonyl (C=O) groups excluding carboxylic acids is 1. The normalized spacial score (nSPS) is 15.6. The van der Waals surface area contributed by atoms with Gasteiger partial charge >= 0.3 is 0 Å². The van der Waals surface area contributed by atoms with E-state index in [2.05, 4.69) is 5.32 Å². The molecule has 2 aromatic carbocycles. The lowest BCUT2D eigenvalue weighted by atomic mass is 10.1. The predicted octanol–water partition coefficient (Wildman–Crippen LogP) is 4.13. The van der Waals surface area contributed by atoms with Gasteiger partial charge in [0.05, 0.1) is 17.7 Å². The van der Waals surface area contributed by atoms with E-state index in [4.69, 9.17) is 4.74 Å². The zero-order valence-corrected chi connectivity index (χ0v) is 18.0. The van der Waals surface area contributed by atoms with Crippen LogP contribution < -0.4 is 10.1 Å². The molecule has 0 atom stereocenters. The van der Waals surface area contributed by atoms with Crippen LogP contribution in [0, 0.1) is 13.8 Å². The van der Waals surface area contributed by atoms with Crippen LogP contribution in [-0.2, 0) is 10.0 Å². The largest absolute Gasteiger partial charge is 0.495 e. The first kappa shape index (κ1) is 21.3. The van der Waals surface area contributed by atoms with E-state index in [0.717, 1.165) is 31.2 Å². The number of nitrogens with one attached hydrogen (secondary N) is 1. The molecule has 0 saturated carbocycles. The van der Waals surface area contributed by atoms with Crippen molar-refractivity contribution in [3.05, 3.63) is 53.1 Å². The average Bonchev–Trinajstić information content (AvgIpc) is 2.98. The maximum Gasteiger partial charge on any atom is 0.256 e. The maximum atomic E-state index is 13.1. The van der Waals surface area contributed by atoms with Gasteiger partial charge < -0.3 is 10.1 Å². The van der Waals surface area contributed by atoms with Crippen molar-refractivity contribution in [2.24, 2.45) is 0 Å². The topological polar surface area (TPSA) is 75.7 Å². The fourth-order valence-electron chi connectivity index (χ4n) is 3.55. The first-order chi connectivity index (χ1) is 13.8. The van der Waals surface area contributed by atoms with Crippen LogP contribution in [0.15, 0.2) is 41.3 Å². The van der Waals surface area contributed by atoms with Crippen LogP contribution in [0.25, 0.3) is 0 Å². The van der Waals surface area contributed by atoms with Gasteiger partial charge in [0, 0.05) is 18.7 Å². The van der Waals surface area contributed by atoms with Crippen molar-refractivity contribution in [2.45, 2.75) is 44.4 Å². The first-order valence-electron chi connectivity index (χ1n) is 9.90. The third kappa shape index (κ3) is 4.79. The molecule has 6 nitrogen and oxygen atoms in total. The first-order valence-corrected chi connectivity index (χ1v) is 11.3. The van der Waals surface area contributed by atoms with Crippen molar-refractivity contribution in [2.75, 3.05) is 25.5 Å². The lowest BCUT2D eigenvalue weighted by Gasteiger charge is -2.20. The summed E-state index contributed by atoms with van der Waals surface area (Å²) in [7, 11) is -2.08. The second-order valence-corrected chi connectivity index (χ2v) is 9.39. The van der Waals surface area contributed by atoms with Gasteiger partial charge in [-0.2, -0.15) is 4.31 Å². The van der Waals surface area contributed by atoms with Crippen LogP contribution in [-0.4, -0.2) is 38.8 Å². The summed E-state index contributed by atoms with van der Waals surface area (Å²) >= 11 is 0. The highest BCUT2D eigenvalue weighted by Gasteiger charge is 2.26. The highest BCUT2D eigenvalue weighted by Crippen LogP contribution is 2.27. The number of hydrogen-bond donors (Lipinski definition) is 1. The molecule has 2 aromatic rings. The summed E-state index contributed by atoms with van der Waals surface area (Å²) in [5.74, 6) is 0.189. The van der Waals surface area contributed by atoms with Crippen LogP contribution in [0.2, 0.25) is 0 Å². The molecule has 156 valence electrons. The maximum absolute atomic E-state index is 13.1. The molecule has 0 unspecified atom stereocenters. The standard InChI is InChI=1S/C22H28N2O4S/c1-16-8-11-21(28-3)20(14-16)23-22(25)19-15-18(10-9-17(19)2)29(26,27)24-12-6-4-5-7-13-24/h8-11,14-15H,4-7,12-13H2,1-3H3,(H,23,25). The zero-order valence-electron chi connectivity index (χ0n) is 17.2. The number of sulfonamides is 1. The molecule has 1 amide bonds. The van der Waals surface area contributed by atoms with Crippen molar-refractivity contribution in [1.29, 1.82) is 0 Å². The average molecular weight is 417 g/mol. The molecule has 1 N–H and O–H groups in total. The van der Waals surface area contributed by atoms with Gasteiger partial charge in [-0.1, -0.05) is 25.0 Å². The molecule has 0 bridgehead atoms. The van der Waals surface area contributed by atoms with E-state index in [1.807, 2.05) is 19.1 Å². The van der Waals surface area contributed by atoms with Crippen LogP contribution >= 0.6 is 0 Å². The van der Waals surface area contributed by atoms with E-state index < -0.39 is 10.0 Å². The SMILES string of the molecule is COc1ccc(C)cc1NC(=O)c1cc(S(=O)(=O)N2CCCCCC2)ccc1C. The highest BCUT2D eigenvalue weighted by atomic mass is 32.2. The van der Waals surface area contributed by atoms with E-state index in [1.165, 1.54) is 10.4 Å². The molecule has 0 aromatic heterocycles. The highest BCUT2D eigenvalue weighted by molar-refractivity contribution is 7.89. The molecule has 0 spiro atoms. The summed E-state index contributed by atoms with van der Waals surface area (Å²) in [6.45, 7) is 4.77. The smallest absolute Gasteiger partial charge is 0.256 e. The molecule has 1 heterocycles. The van der Waals surface area contributed by atoms with Gasteiger partial charge in [-0.3, -0.25) is 4.79 Å². The number of hydrogen-bond acceptors (Lipinski definition) is 4. The van der Waals surface area contributed by atoms with Crippen LogP contribution in [0.4, 0.5) is 5.69 Å². The van der Waals surface area contributed by atoms with Gasteiger partial charge in [0.15, 0.2) is 0 Å². The Balaban J connectivity index is 1.91. The second kappa shape index (κ2) is 8.97. The molecule has 7 heteroatoms. The Labute approximate surface area is 172 Å². The Morgan fingerprint density at radius 3 is 2.34 bits per heavy atom. The molecule has 1 saturated heterocycles. The second-order valence-electron chi connectivity index (χ2n) is 7.45. The van der Waals surface area contributed by atoms with Gasteiger partial charge in [-0.15, -0.1) is 0 Å². The van der Waals surface area contributed by atoms with Gasteiger partial charge in [-0.05, 0) is 62.1 Å². The quantitative estimate of drug-likeness (QED) is 0.795. The number of rotatable bonds is 5. The molecular formula is C22H28N2O4S. The van der Waals surface area contributed by atoms with E-state index in [9.17, 15) is 13.2 Å².